The van der Waals surface area contributed by atoms with Crippen molar-refractivity contribution in [2.45, 2.75) is 33.4 Å². The van der Waals surface area contributed by atoms with Gasteiger partial charge < -0.3 is 10.1 Å². The summed E-state index contributed by atoms with van der Waals surface area (Å²) < 4.78 is 5.25. The van der Waals surface area contributed by atoms with Crippen LogP contribution in [0.4, 0.5) is 0 Å². The molecule has 0 unspecified atom stereocenters. The third kappa shape index (κ3) is 3.15. The van der Waals surface area contributed by atoms with Gasteiger partial charge in [-0.2, -0.15) is 5.10 Å². The van der Waals surface area contributed by atoms with E-state index in [1.165, 1.54) is 11.1 Å². The quantitative estimate of drug-likeness (QED) is 0.868. The van der Waals surface area contributed by atoms with Crippen LogP contribution in [0.5, 0.6) is 5.75 Å². The predicted octanol–water partition coefficient (Wildman–Crippen LogP) is 2.89. The fraction of sp³-hybridized carbons (Fsp3) is 0.400. The molecule has 0 saturated carbocycles. The summed E-state index contributed by atoms with van der Waals surface area (Å²) in [6, 6.07) is 8.41. The average molecular weight is 259 g/mol. The van der Waals surface area contributed by atoms with Crippen LogP contribution in [0.15, 0.2) is 24.3 Å². The highest BCUT2D eigenvalue weighted by atomic mass is 16.5. The zero-order valence-electron chi connectivity index (χ0n) is 11.9. The van der Waals surface area contributed by atoms with Gasteiger partial charge in [0.05, 0.1) is 12.8 Å². The summed E-state index contributed by atoms with van der Waals surface area (Å²) in [4.78, 5) is 0. The number of H-pyrrole nitrogens is 1. The Bertz CT molecular complexity index is 529. The summed E-state index contributed by atoms with van der Waals surface area (Å²) in [7, 11) is 1.69. The van der Waals surface area contributed by atoms with E-state index in [0.717, 1.165) is 23.7 Å². The van der Waals surface area contributed by atoms with E-state index < -0.39 is 0 Å². The number of rotatable bonds is 5. The third-order valence-electron chi connectivity index (χ3n) is 3.46. The van der Waals surface area contributed by atoms with E-state index in [1.54, 1.807) is 7.11 Å². The van der Waals surface area contributed by atoms with Crippen LogP contribution in [0.3, 0.4) is 0 Å². The second-order valence-electron chi connectivity index (χ2n) is 4.79. The van der Waals surface area contributed by atoms with Crippen LogP contribution in [0.1, 0.15) is 35.5 Å². The van der Waals surface area contributed by atoms with Crippen LogP contribution >= 0.6 is 0 Å². The Morgan fingerprint density at radius 3 is 2.79 bits per heavy atom. The molecule has 4 heteroatoms. The Hall–Kier alpha value is -1.81. The number of nitrogens with one attached hydrogen (secondary N) is 2. The number of nitrogens with zero attached hydrogens (tertiary/aromatic N) is 1. The number of hydrogen-bond donors (Lipinski definition) is 2. The van der Waals surface area contributed by atoms with Gasteiger partial charge in [0, 0.05) is 23.8 Å². The third-order valence-corrected chi connectivity index (χ3v) is 3.46. The molecule has 0 aliphatic carbocycles. The fourth-order valence-corrected chi connectivity index (χ4v) is 2.12. The average Bonchev–Trinajstić information content (AvgIpc) is 2.75. The number of aryl methyl sites for hydroxylation is 2. The Balaban J connectivity index is 2.03. The van der Waals surface area contributed by atoms with Crippen molar-refractivity contribution in [3.05, 3.63) is 46.8 Å². The summed E-state index contributed by atoms with van der Waals surface area (Å²) in [5, 5.41) is 10.7. The van der Waals surface area contributed by atoms with Gasteiger partial charge in [-0.3, -0.25) is 5.10 Å². The summed E-state index contributed by atoms with van der Waals surface area (Å²) in [6.45, 7) is 7.04. The maximum atomic E-state index is 5.25. The van der Waals surface area contributed by atoms with Gasteiger partial charge in [-0.15, -0.1) is 0 Å². The standard InChI is InChI=1S/C15H21N3O/c1-10(13-6-5-7-14(8-13)19-4)16-9-15-11(2)17-18-12(15)3/h5-8,10,16H,9H2,1-4H3,(H,17,18)/t10-/m0/s1. The topological polar surface area (TPSA) is 49.9 Å². The minimum Gasteiger partial charge on any atom is -0.497 e. The van der Waals surface area contributed by atoms with E-state index in [0.29, 0.717) is 0 Å². The second-order valence-corrected chi connectivity index (χ2v) is 4.79. The maximum absolute atomic E-state index is 5.25. The molecular weight excluding hydrogens is 238 g/mol. The largest absolute Gasteiger partial charge is 0.497 e. The fourth-order valence-electron chi connectivity index (χ4n) is 2.12. The van der Waals surface area contributed by atoms with Crippen molar-refractivity contribution in [2.75, 3.05) is 7.11 Å². The molecule has 4 nitrogen and oxygen atoms in total. The highest BCUT2D eigenvalue weighted by Crippen LogP contribution is 2.19. The van der Waals surface area contributed by atoms with Gasteiger partial charge in [0.2, 0.25) is 0 Å². The molecule has 0 spiro atoms. The minimum atomic E-state index is 0.267. The normalized spacial score (nSPS) is 12.4. The number of methoxy groups -OCH3 is 1. The van der Waals surface area contributed by atoms with Crippen molar-refractivity contribution in [1.82, 2.24) is 15.5 Å². The number of aromatic nitrogens is 2. The SMILES string of the molecule is COc1cccc([C@H](C)NCc2c(C)n[nH]c2C)c1. The summed E-state index contributed by atoms with van der Waals surface area (Å²) >= 11 is 0. The van der Waals surface area contributed by atoms with Crippen LogP contribution in [0.25, 0.3) is 0 Å². The van der Waals surface area contributed by atoms with Crippen molar-refractivity contribution in [3.63, 3.8) is 0 Å². The van der Waals surface area contributed by atoms with Crippen LogP contribution in [0.2, 0.25) is 0 Å². The summed E-state index contributed by atoms with van der Waals surface area (Å²) in [5.41, 5.74) is 4.65. The molecule has 1 aromatic heterocycles. The van der Waals surface area contributed by atoms with E-state index in [2.05, 4.69) is 34.6 Å². The van der Waals surface area contributed by atoms with Crippen molar-refractivity contribution in [2.24, 2.45) is 0 Å². The van der Waals surface area contributed by atoms with Crippen LogP contribution in [-0.2, 0) is 6.54 Å². The maximum Gasteiger partial charge on any atom is 0.119 e. The van der Waals surface area contributed by atoms with Gasteiger partial charge in [-0.1, -0.05) is 12.1 Å². The molecular formula is C15H21N3O. The Labute approximate surface area is 114 Å². The first-order valence-electron chi connectivity index (χ1n) is 6.49. The number of ether oxygens (including phenoxy) is 1. The first-order valence-corrected chi connectivity index (χ1v) is 6.49. The van der Waals surface area contributed by atoms with Crippen molar-refractivity contribution in [1.29, 1.82) is 0 Å². The zero-order chi connectivity index (χ0) is 13.8. The van der Waals surface area contributed by atoms with E-state index in [9.17, 15) is 0 Å². The molecule has 2 N–H and O–H groups in total. The highest BCUT2D eigenvalue weighted by Gasteiger charge is 2.10. The summed E-state index contributed by atoms with van der Waals surface area (Å²) in [5.74, 6) is 0.891. The molecule has 1 atom stereocenters. The van der Waals surface area contributed by atoms with Gasteiger partial charge in [0.25, 0.3) is 0 Å². The van der Waals surface area contributed by atoms with E-state index in [4.69, 9.17) is 4.74 Å². The van der Waals surface area contributed by atoms with Crippen LogP contribution in [0, 0.1) is 13.8 Å². The first-order chi connectivity index (χ1) is 9.11. The molecule has 2 aromatic rings. The lowest BCUT2D eigenvalue weighted by molar-refractivity contribution is 0.413. The molecule has 0 amide bonds. The Morgan fingerprint density at radius 2 is 2.16 bits per heavy atom. The smallest absolute Gasteiger partial charge is 0.119 e. The van der Waals surface area contributed by atoms with Gasteiger partial charge in [-0.25, -0.2) is 0 Å². The predicted molar refractivity (Wildman–Crippen MR) is 76.3 cm³/mol. The minimum absolute atomic E-state index is 0.267. The first kappa shape index (κ1) is 13.6. The van der Waals surface area contributed by atoms with Crippen molar-refractivity contribution < 1.29 is 4.74 Å². The number of aromatic amines is 1. The van der Waals surface area contributed by atoms with E-state index in [-0.39, 0.29) is 6.04 Å². The lowest BCUT2D eigenvalue weighted by Crippen LogP contribution is -2.18. The molecule has 1 aromatic carbocycles. The highest BCUT2D eigenvalue weighted by molar-refractivity contribution is 5.30. The van der Waals surface area contributed by atoms with Gasteiger partial charge >= 0.3 is 0 Å². The van der Waals surface area contributed by atoms with E-state index in [1.807, 2.05) is 26.0 Å². The zero-order valence-corrected chi connectivity index (χ0v) is 11.9. The van der Waals surface area contributed by atoms with Gasteiger partial charge in [0.1, 0.15) is 5.75 Å². The van der Waals surface area contributed by atoms with Gasteiger partial charge in [0.15, 0.2) is 0 Å². The Kier molecular flexibility index (Phi) is 4.22. The molecule has 0 saturated heterocycles. The molecule has 0 aliphatic heterocycles. The van der Waals surface area contributed by atoms with Crippen molar-refractivity contribution in [3.8, 4) is 5.75 Å². The van der Waals surface area contributed by atoms with E-state index >= 15 is 0 Å². The molecule has 0 aliphatic rings. The van der Waals surface area contributed by atoms with Crippen LogP contribution < -0.4 is 10.1 Å². The monoisotopic (exact) mass is 259 g/mol. The molecule has 0 radical (unpaired) electrons. The molecule has 0 fully saturated rings. The van der Waals surface area contributed by atoms with Crippen LogP contribution in [-0.4, -0.2) is 17.3 Å². The number of hydrogen-bond acceptors (Lipinski definition) is 3. The molecule has 2 rings (SSSR count). The second kappa shape index (κ2) is 5.89. The molecule has 102 valence electrons. The molecule has 0 bridgehead atoms. The summed E-state index contributed by atoms with van der Waals surface area (Å²) in [6.07, 6.45) is 0. The number of benzene rings is 1. The molecule has 19 heavy (non-hydrogen) atoms. The Morgan fingerprint density at radius 1 is 1.37 bits per heavy atom. The lowest BCUT2D eigenvalue weighted by atomic mass is 10.1. The van der Waals surface area contributed by atoms with Gasteiger partial charge in [-0.05, 0) is 38.5 Å². The molecule has 1 heterocycles. The lowest BCUT2D eigenvalue weighted by Gasteiger charge is -2.15. The van der Waals surface area contributed by atoms with Crippen molar-refractivity contribution >= 4 is 0 Å².